The molecule has 98 valence electrons. The number of carbonyl (C=O) groups is 2. The van der Waals surface area contributed by atoms with E-state index in [1.807, 2.05) is 13.8 Å². The summed E-state index contributed by atoms with van der Waals surface area (Å²) in [5.74, 6) is -0.871. The molecule has 0 aromatic carbocycles. The van der Waals surface area contributed by atoms with Crippen LogP contribution < -0.4 is 5.32 Å². The van der Waals surface area contributed by atoms with E-state index in [0.29, 0.717) is 0 Å². The molecule has 2 amide bonds. The summed E-state index contributed by atoms with van der Waals surface area (Å²) in [4.78, 5) is 24.1. The minimum Gasteiger partial charge on any atom is -0.481 e. The Morgan fingerprint density at radius 2 is 1.94 bits per heavy atom. The van der Waals surface area contributed by atoms with Crippen LogP contribution >= 0.6 is 0 Å². The maximum atomic E-state index is 12.0. The molecule has 0 spiro atoms. The van der Waals surface area contributed by atoms with Crippen molar-refractivity contribution in [3.63, 3.8) is 0 Å². The highest BCUT2D eigenvalue weighted by Gasteiger charge is 2.22. The molecule has 2 N–H and O–H groups in total. The number of amides is 2. The molecule has 0 atom stereocenters. The van der Waals surface area contributed by atoms with Crippen molar-refractivity contribution in [2.24, 2.45) is 0 Å². The zero-order valence-electron chi connectivity index (χ0n) is 10.6. The Morgan fingerprint density at radius 1 is 1.35 bits per heavy atom. The van der Waals surface area contributed by atoms with Gasteiger partial charge in [0.1, 0.15) is 0 Å². The number of hydrogen-bond acceptors (Lipinski definition) is 2. The lowest BCUT2D eigenvalue weighted by Gasteiger charge is -2.28. The second-order valence-electron chi connectivity index (χ2n) is 4.86. The highest BCUT2D eigenvalue weighted by atomic mass is 16.4. The van der Waals surface area contributed by atoms with Gasteiger partial charge in [-0.1, -0.05) is 12.8 Å². The Bertz CT molecular complexity index is 273. The summed E-state index contributed by atoms with van der Waals surface area (Å²) in [6.07, 6.45) is 4.41. The van der Waals surface area contributed by atoms with Crippen molar-refractivity contribution in [3.8, 4) is 0 Å². The Hall–Kier alpha value is -1.26. The summed E-state index contributed by atoms with van der Waals surface area (Å²) in [5.41, 5.74) is 0. The molecule has 1 aliphatic rings. The van der Waals surface area contributed by atoms with Gasteiger partial charge in [0.15, 0.2) is 0 Å². The van der Waals surface area contributed by atoms with Gasteiger partial charge >= 0.3 is 12.0 Å². The van der Waals surface area contributed by atoms with Crippen LogP contribution in [0.4, 0.5) is 4.79 Å². The van der Waals surface area contributed by atoms with E-state index < -0.39 is 5.97 Å². The van der Waals surface area contributed by atoms with E-state index in [-0.39, 0.29) is 31.1 Å². The van der Waals surface area contributed by atoms with E-state index in [1.165, 1.54) is 12.8 Å². The van der Waals surface area contributed by atoms with Crippen molar-refractivity contribution in [1.82, 2.24) is 10.2 Å². The van der Waals surface area contributed by atoms with Crippen LogP contribution in [0.1, 0.15) is 46.0 Å². The maximum Gasteiger partial charge on any atom is 0.317 e. The molecule has 17 heavy (non-hydrogen) atoms. The van der Waals surface area contributed by atoms with Gasteiger partial charge in [0.25, 0.3) is 0 Å². The van der Waals surface area contributed by atoms with Gasteiger partial charge in [-0.05, 0) is 26.7 Å². The van der Waals surface area contributed by atoms with E-state index in [9.17, 15) is 9.59 Å². The summed E-state index contributed by atoms with van der Waals surface area (Å²) in [6, 6.07) is 0.164. The molecule has 0 radical (unpaired) electrons. The van der Waals surface area contributed by atoms with E-state index in [4.69, 9.17) is 5.11 Å². The minimum atomic E-state index is -0.871. The number of carbonyl (C=O) groups excluding carboxylic acids is 1. The third-order valence-electron chi connectivity index (χ3n) is 3.13. The fourth-order valence-corrected chi connectivity index (χ4v) is 2.14. The molecule has 1 saturated carbocycles. The van der Waals surface area contributed by atoms with Crippen LogP contribution in [0.2, 0.25) is 0 Å². The van der Waals surface area contributed by atoms with Gasteiger partial charge in [-0.3, -0.25) is 4.79 Å². The molecule has 5 nitrogen and oxygen atoms in total. The average molecular weight is 242 g/mol. The number of nitrogens with one attached hydrogen (secondary N) is 1. The molecule has 0 aromatic rings. The third kappa shape index (κ3) is 4.63. The smallest absolute Gasteiger partial charge is 0.317 e. The fourth-order valence-electron chi connectivity index (χ4n) is 2.14. The minimum absolute atomic E-state index is 0.00370. The monoisotopic (exact) mass is 242 g/mol. The number of urea groups is 1. The first-order valence-electron chi connectivity index (χ1n) is 6.29. The topological polar surface area (TPSA) is 69.6 Å². The van der Waals surface area contributed by atoms with E-state index in [2.05, 4.69) is 5.32 Å². The Labute approximate surface area is 102 Å². The predicted octanol–water partition coefficient (Wildman–Crippen LogP) is 1.82. The molecule has 0 bridgehead atoms. The van der Waals surface area contributed by atoms with Crippen molar-refractivity contribution in [2.75, 3.05) is 6.54 Å². The number of aliphatic carboxylic acids is 1. The zero-order chi connectivity index (χ0) is 12.8. The van der Waals surface area contributed by atoms with Crippen molar-refractivity contribution < 1.29 is 14.7 Å². The first-order valence-corrected chi connectivity index (χ1v) is 6.29. The Morgan fingerprint density at radius 3 is 2.41 bits per heavy atom. The van der Waals surface area contributed by atoms with E-state index in [0.717, 1.165) is 12.8 Å². The first-order chi connectivity index (χ1) is 8.00. The average Bonchev–Trinajstić information content (AvgIpc) is 2.69. The molecular formula is C12H22N2O3. The van der Waals surface area contributed by atoms with Gasteiger partial charge in [0.05, 0.1) is 6.42 Å². The molecule has 0 heterocycles. The first kappa shape index (κ1) is 13.8. The van der Waals surface area contributed by atoms with E-state index >= 15 is 0 Å². The normalized spacial score (nSPS) is 16.2. The summed E-state index contributed by atoms with van der Waals surface area (Å²) < 4.78 is 0. The largest absolute Gasteiger partial charge is 0.481 e. The van der Waals surface area contributed by atoms with Crippen LogP contribution in [0, 0.1) is 0 Å². The lowest BCUT2D eigenvalue weighted by atomic mass is 10.2. The van der Waals surface area contributed by atoms with Crippen LogP contribution in [0.15, 0.2) is 0 Å². The maximum absolute atomic E-state index is 12.0. The van der Waals surface area contributed by atoms with Gasteiger partial charge in [0.2, 0.25) is 0 Å². The van der Waals surface area contributed by atoms with Gasteiger partial charge in [-0.25, -0.2) is 4.79 Å². The summed E-state index contributed by atoms with van der Waals surface area (Å²) >= 11 is 0. The highest BCUT2D eigenvalue weighted by Crippen LogP contribution is 2.18. The second-order valence-corrected chi connectivity index (χ2v) is 4.86. The van der Waals surface area contributed by atoms with Crippen molar-refractivity contribution in [3.05, 3.63) is 0 Å². The molecule has 1 fully saturated rings. The number of hydrogen-bond donors (Lipinski definition) is 2. The lowest BCUT2D eigenvalue weighted by Crippen LogP contribution is -2.47. The standard InChI is InChI=1S/C12H22N2O3/c1-9(2)14(8-7-11(15)16)12(17)13-10-5-3-4-6-10/h9-10H,3-8H2,1-2H3,(H,13,17)(H,15,16). The van der Waals surface area contributed by atoms with Gasteiger partial charge < -0.3 is 15.3 Å². The van der Waals surface area contributed by atoms with Gasteiger partial charge in [-0.2, -0.15) is 0 Å². The quantitative estimate of drug-likeness (QED) is 0.772. The molecular weight excluding hydrogens is 220 g/mol. The van der Waals surface area contributed by atoms with Crippen LogP contribution in [-0.4, -0.2) is 40.6 Å². The SMILES string of the molecule is CC(C)N(CCC(=O)O)C(=O)NC1CCCC1. The van der Waals surface area contributed by atoms with Gasteiger partial charge in [-0.15, -0.1) is 0 Å². The van der Waals surface area contributed by atoms with Crippen molar-refractivity contribution in [2.45, 2.75) is 58.0 Å². The zero-order valence-corrected chi connectivity index (χ0v) is 10.6. The van der Waals surface area contributed by atoms with Crippen molar-refractivity contribution >= 4 is 12.0 Å². The van der Waals surface area contributed by atoms with Crippen LogP contribution in [0.3, 0.4) is 0 Å². The molecule has 1 aliphatic carbocycles. The van der Waals surface area contributed by atoms with Gasteiger partial charge in [0, 0.05) is 18.6 Å². The lowest BCUT2D eigenvalue weighted by molar-refractivity contribution is -0.137. The molecule has 0 aromatic heterocycles. The van der Waals surface area contributed by atoms with Crippen LogP contribution in [-0.2, 0) is 4.79 Å². The molecule has 1 rings (SSSR count). The number of nitrogens with zero attached hydrogens (tertiary/aromatic N) is 1. The molecule has 0 unspecified atom stereocenters. The van der Waals surface area contributed by atoms with Crippen molar-refractivity contribution in [1.29, 1.82) is 0 Å². The fraction of sp³-hybridized carbons (Fsp3) is 0.833. The number of carboxylic acid groups (broad SMARTS) is 1. The number of carboxylic acids is 1. The highest BCUT2D eigenvalue weighted by molar-refractivity contribution is 5.75. The third-order valence-corrected chi connectivity index (χ3v) is 3.13. The molecule has 5 heteroatoms. The van der Waals surface area contributed by atoms with E-state index in [1.54, 1.807) is 4.90 Å². The Kier molecular flexibility index (Phi) is 5.25. The Balaban J connectivity index is 2.44. The van der Waals surface area contributed by atoms with Crippen LogP contribution in [0.5, 0.6) is 0 Å². The summed E-state index contributed by atoms with van der Waals surface area (Å²) in [7, 11) is 0. The second kappa shape index (κ2) is 6.47. The molecule has 0 aliphatic heterocycles. The number of rotatable bonds is 5. The summed E-state index contributed by atoms with van der Waals surface area (Å²) in [5, 5.41) is 11.6. The summed E-state index contributed by atoms with van der Waals surface area (Å²) in [6.45, 7) is 4.07. The predicted molar refractivity (Wildman–Crippen MR) is 64.9 cm³/mol. The molecule has 0 saturated heterocycles. The van der Waals surface area contributed by atoms with Crippen LogP contribution in [0.25, 0.3) is 0 Å².